The van der Waals surface area contributed by atoms with Crippen molar-refractivity contribution in [2.24, 2.45) is 5.92 Å². The predicted octanol–water partition coefficient (Wildman–Crippen LogP) is 5.24. The van der Waals surface area contributed by atoms with E-state index in [1.165, 1.54) is 4.91 Å². The highest BCUT2D eigenvalue weighted by molar-refractivity contribution is 8.11. The quantitative estimate of drug-likeness (QED) is 0.691. The zero-order chi connectivity index (χ0) is 20.1. The Bertz CT molecular complexity index is 933. The third kappa shape index (κ3) is 4.56. The third-order valence-electron chi connectivity index (χ3n) is 4.54. The molecule has 1 aromatic heterocycles. The molecule has 0 spiro atoms. The topological polar surface area (TPSA) is 60.5 Å². The largest absolute Gasteiger partial charge is 0.493 e. The molecular formula is C22H26N2O3S. The molecule has 1 N–H and O–H groups in total. The molecule has 2 aromatic rings. The first kappa shape index (κ1) is 20.4. The average Bonchev–Trinajstić information content (AvgIpc) is 2.64. The van der Waals surface area contributed by atoms with Gasteiger partial charge in [0.2, 0.25) is 5.91 Å². The van der Waals surface area contributed by atoms with Gasteiger partial charge in [-0.1, -0.05) is 23.9 Å². The van der Waals surface area contributed by atoms with Gasteiger partial charge in [-0.15, -0.1) is 0 Å². The summed E-state index contributed by atoms with van der Waals surface area (Å²) in [6.07, 6.45) is 4.15. The minimum Gasteiger partial charge on any atom is -0.493 e. The molecule has 0 aliphatic carbocycles. The summed E-state index contributed by atoms with van der Waals surface area (Å²) in [5.74, 6) is 0.693. The number of ether oxygens (including phenoxy) is 2. The Hall–Kier alpha value is -2.31. The summed E-state index contributed by atoms with van der Waals surface area (Å²) in [6.45, 7) is 9.62. The number of nitrogens with zero attached hydrogens (tertiary/aromatic N) is 1. The summed E-state index contributed by atoms with van der Waals surface area (Å²) in [4.78, 5) is 19.3. The maximum atomic E-state index is 12.2. The van der Waals surface area contributed by atoms with E-state index in [1.54, 1.807) is 11.8 Å². The highest BCUT2D eigenvalue weighted by Crippen LogP contribution is 2.37. The number of aromatic nitrogens is 1. The molecule has 3 rings (SSSR count). The molecule has 1 fully saturated rings. The Morgan fingerprint density at radius 2 is 2.11 bits per heavy atom. The summed E-state index contributed by atoms with van der Waals surface area (Å²) in [5.41, 5.74) is 2.46. The van der Waals surface area contributed by atoms with Gasteiger partial charge in [0.15, 0.2) is 0 Å². The zero-order valence-corrected chi connectivity index (χ0v) is 17.6. The van der Waals surface area contributed by atoms with Gasteiger partial charge < -0.3 is 14.8 Å². The monoisotopic (exact) mass is 398 g/mol. The number of rotatable bonds is 7. The van der Waals surface area contributed by atoms with Crippen LogP contribution in [0.3, 0.4) is 0 Å². The fraction of sp³-hybridized carbons (Fsp3) is 0.364. The van der Waals surface area contributed by atoms with Crippen molar-refractivity contribution in [1.29, 1.82) is 0 Å². The second-order valence-corrected chi connectivity index (χ2v) is 7.84. The van der Waals surface area contributed by atoms with Crippen LogP contribution in [0.2, 0.25) is 0 Å². The van der Waals surface area contributed by atoms with E-state index >= 15 is 0 Å². The van der Waals surface area contributed by atoms with Crippen molar-refractivity contribution in [1.82, 2.24) is 4.98 Å². The molecule has 2 heterocycles. The van der Waals surface area contributed by atoms with Crippen LogP contribution in [0.25, 0.3) is 15.8 Å². The van der Waals surface area contributed by atoms with Gasteiger partial charge in [0.25, 0.3) is 0 Å². The number of pyridine rings is 1. The molecule has 1 aromatic carbocycles. The van der Waals surface area contributed by atoms with Gasteiger partial charge >= 0.3 is 0 Å². The van der Waals surface area contributed by atoms with Crippen molar-refractivity contribution < 1.29 is 14.3 Å². The average molecular weight is 399 g/mol. The number of fused-ring (bicyclic) bond motifs is 1. The van der Waals surface area contributed by atoms with Crippen LogP contribution >= 0.6 is 11.8 Å². The second kappa shape index (κ2) is 9.26. The number of anilines is 1. The summed E-state index contributed by atoms with van der Waals surface area (Å²) in [7, 11) is 0. The smallest absolute Gasteiger partial charge is 0.232 e. The van der Waals surface area contributed by atoms with Crippen molar-refractivity contribution >= 4 is 39.2 Å². The molecule has 0 atom stereocenters. The highest BCUT2D eigenvalue weighted by atomic mass is 32.2. The lowest BCUT2D eigenvalue weighted by atomic mass is 10.1. The number of thioether (sulfide) groups is 1. The molecule has 0 saturated carbocycles. The van der Waals surface area contributed by atoms with Crippen LogP contribution in [0, 0.1) is 5.92 Å². The summed E-state index contributed by atoms with van der Waals surface area (Å²) in [5, 5.41) is 3.85. The fourth-order valence-corrected chi connectivity index (χ4v) is 3.59. The molecule has 1 saturated heterocycles. The lowest BCUT2D eigenvalue weighted by molar-refractivity contribution is -0.133. The number of allylic oxidation sites excluding steroid dienone is 3. The molecule has 5 nitrogen and oxygen atoms in total. The second-order valence-electron chi connectivity index (χ2n) is 6.55. The van der Waals surface area contributed by atoms with Crippen LogP contribution in [0.1, 0.15) is 33.4 Å². The number of nitrogens with one attached hydrogen (secondary N) is 1. The van der Waals surface area contributed by atoms with Crippen LogP contribution in [0.15, 0.2) is 41.3 Å². The number of hydrogen-bond acceptors (Lipinski definition) is 5. The van der Waals surface area contributed by atoms with Crippen molar-refractivity contribution in [3.8, 4) is 5.75 Å². The van der Waals surface area contributed by atoms with Gasteiger partial charge in [-0.3, -0.25) is 4.79 Å². The normalized spacial score (nSPS) is 15.4. The highest BCUT2D eigenvalue weighted by Gasteiger charge is 2.26. The van der Waals surface area contributed by atoms with E-state index in [0.717, 1.165) is 32.9 Å². The summed E-state index contributed by atoms with van der Waals surface area (Å²) < 4.78 is 11.0. The molecule has 148 valence electrons. The zero-order valence-electron chi connectivity index (χ0n) is 16.7. The first-order valence-corrected chi connectivity index (χ1v) is 10.3. The fourth-order valence-electron chi connectivity index (χ4n) is 2.80. The van der Waals surface area contributed by atoms with Gasteiger partial charge in [0.1, 0.15) is 5.75 Å². The van der Waals surface area contributed by atoms with E-state index in [2.05, 4.69) is 24.4 Å². The van der Waals surface area contributed by atoms with Gasteiger partial charge in [0.05, 0.1) is 36.9 Å². The van der Waals surface area contributed by atoms with Gasteiger partial charge in [0, 0.05) is 22.0 Å². The van der Waals surface area contributed by atoms with Crippen molar-refractivity contribution in [3.63, 3.8) is 0 Å². The number of carbonyl (C=O) groups is 1. The molecule has 0 unspecified atom stereocenters. The van der Waals surface area contributed by atoms with E-state index in [1.807, 2.05) is 45.0 Å². The van der Waals surface area contributed by atoms with Crippen molar-refractivity contribution in [3.05, 3.63) is 47.0 Å². The van der Waals surface area contributed by atoms with Gasteiger partial charge in [-0.25, -0.2) is 4.98 Å². The molecule has 0 radical (unpaired) electrons. The number of carbonyl (C=O) groups excluding carboxylic acids is 1. The summed E-state index contributed by atoms with van der Waals surface area (Å²) >= 11 is 1.69. The van der Waals surface area contributed by atoms with Crippen LogP contribution in [-0.2, 0) is 9.53 Å². The Balaban J connectivity index is 1.96. The molecule has 1 aliphatic heterocycles. The number of benzene rings is 1. The van der Waals surface area contributed by atoms with Gasteiger partial charge in [-0.05, 0) is 50.8 Å². The van der Waals surface area contributed by atoms with E-state index in [-0.39, 0.29) is 11.8 Å². The Kier molecular flexibility index (Phi) is 6.75. The molecule has 28 heavy (non-hydrogen) atoms. The van der Waals surface area contributed by atoms with E-state index in [9.17, 15) is 4.79 Å². The minimum atomic E-state index is -0.0632. The first-order valence-electron chi connectivity index (χ1n) is 9.49. The lowest BCUT2D eigenvalue weighted by Gasteiger charge is -2.24. The SMILES string of the molecule is C/C=C(/C)S/C(=C\C)c1cc(OCC)c2cc(NC(=O)C3COC3)ccc2n1. The van der Waals surface area contributed by atoms with E-state index in [4.69, 9.17) is 14.5 Å². The number of hydrogen-bond donors (Lipinski definition) is 1. The molecule has 1 aliphatic rings. The molecule has 1 amide bonds. The third-order valence-corrected chi connectivity index (χ3v) is 5.76. The van der Waals surface area contributed by atoms with Gasteiger partial charge in [-0.2, -0.15) is 0 Å². The van der Waals surface area contributed by atoms with Crippen LogP contribution in [0.5, 0.6) is 5.75 Å². The lowest BCUT2D eigenvalue weighted by Crippen LogP contribution is -2.38. The molecular weight excluding hydrogens is 372 g/mol. The van der Waals surface area contributed by atoms with Crippen LogP contribution < -0.4 is 10.1 Å². The maximum Gasteiger partial charge on any atom is 0.232 e. The van der Waals surface area contributed by atoms with Crippen LogP contribution in [-0.4, -0.2) is 30.7 Å². The first-order chi connectivity index (χ1) is 13.5. The Morgan fingerprint density at radius 3 is 2.71 bits per heavy atom. The van der Waals surface area contributed by atoms with E-state index in [0.29, 0.717) is 19.8 Å². The summed E-state index contributed by atoms with van der Waals surface area (Å²) in [6, 6.07) is 7.71. The minimum absolute atomic E-state index is 0.0115. The Morgan fingerprint density at radius 1 is 1.32 bits per heavy atom. The van der Waals surface area contributed by atoms with E-state index < -0.39 is 0 Å². The maximum absolute atomic E-state index is 12.2. The van der Waals surface area contributed by atoms with Crippen LogP contribution in [0.4, 0.5) is 5.69 Å². The number of amides is 1. The molecule has 0 bridgehead atoms. The molecule has 6 heteroatoms. The standard InChI is InChI=1S/C22H26N2O3S/c1-5-14(4)28-21(6-2)19-11-20(27-7-3)17-10-16(8-9-18(17)24-19)23-22(25)15-12-26-13-15/h5-6,8-11,15H,7,12-13H2,1-4H3,(H,23,25)/b14-5-,21-6-. The predicted molar refractivity (Wildman–Crippen MR) is 117 cm³/mol. The Labute approximate surface area is 170 Å². The van der Waals surface area contributed by atoms with Crippen molar-refractivity contribution in [2.75, 3.05) is 25.1 Å². The van der Waals surface area contributed by atoms with Crippen molar-refractivity contribution in [2.45, 2.75) is 27.7 Å².